The molecule has 232 valence electrons. The molecule has 3 N–H and O–H groups in total. The van der Waals surface area contributed by atoms with Crippen LogP contribution in [-0.4, -0.2) is 74.4 Å². The van der Waals surface area contributed by atoms with Gasteiger partial charge in [0.1, 0.15) is 0 Å². The van der Waals surface area contributed by atoms with Gasteiger partial charge in [0.15, 0.2) is 0 Å². The monoisotopic (exact) mass is 613 g/mol. The molecule has 2 aromatic carbocycles. The molecule has 1 atom stereocenters. The number of halogens is 3. The normalized spacial score (nSPS) is 18.2. The second-order valence-electron chi connectivity index (χ2n) is 11.7. The number of aromatic carboxylic acids is 1. The first-order chi connectivity index (χ1) is 19.5. The Balaban J connectivity index is 0.000000616. The Morgan fingerprint density at radius 3 is 2.07 bits per heavy atom. The standard InChI is InChI=1S/C27H37N3O4S.C2HF3O2/c1-27(2,3)21-8-11-23(12-9-21)35(33,34)28-22-10-13-25(24(17-22)26(31)32)30-16-6-7-20(19-30)18-29-14-4-5-15-29;3-2(4,5)1(6)7/h8-13,17,20,28H,4-7,14-16,18-19H2,1-3H3,(H,31,32);(H,6,7). The zero-order valence-corrected chi connectivity index (χ0v) is 24.8. The number of piperidine rings is 1. The summed E-state index contributed by atoms with van der Waals surface area (Å²) in [5.41, 5.74) is 1.98. The Bertz CT molecular complexity index is 1350. The number of anilines is 2. The van der Waals surface area contributed by atoms with E-state index in [-0.39, 0.29) is 21.6 Å². The van der Waals surface area contributed by atoms with Crippen molar-refractivity contribution in [2.24, 2.45) is 5.92 Å². The minimum atomic E-state index is -5.08. The number of sulfonamides is 1. The van der Waals surface area contributed by atoms with Gasteiger partial charge < -0.3 is 20.0 Å². The summed E-state index contributed by atoms with van der Waals surface area (Å²) in [5.74, 6) is -3.30. The molecule has 2 aliphatic rings. The number of hydrogen-bond acceptors (Lipinski definition) is 6. The van der Waals surface area contributed by atoms with Crippen molar-refractivity contribution < 1.29 is 41.4 Å². The number of nitrogens with zero attached hydrogens (tertiary/aromatic N) is 2. The fourth-order valence-corrected chi connectivity index (χ4v) is 6.21. The van der Waals surface area contributed by atoms with E-state index < -0.39 is 28.1 Å². The molecule has 42 heavy (non-hydrogen) atoms. The first-order valence-electron chi connectivity index (χ1n) is 13.8. The lowest BCUT2D eigenvalue weighted by Gasteiger charge is -2.36. The van der Waals surface area contributed by atoms with Gasteiger partial charge in [-0.1, -0.05) is 32.9 Å². The fourth-order valence-electron chi connectivity index (χ4n) is 5.16. The maximum absolute atomic E-state index is 13.0. The second-order valence-corrected chi connectivity index (χ2v) is 13.4. The Morgan fingerprint density at radius 1 is 0.952 bits per heavy atom. The van der Waals surface area contributed by atoms with Crippen molar-refractivity contribution in [3.8, 4) is 0 Å². The molecule has 0 saturated carbocycles. The Hall–Kier alpha value is -3.32. The molecule has 1 unspecified atom stereocenters. The summed E-state index contributed by atoms with van der Waals surface area (Å²) in [6.07, 6.45) is -0.382. The van der Waals surface area contributed by atoms with E-state index in [2.05, 4.69) is 35.3 Å². The predicted molar refractivity (Wildman–Crippen MR) is 154 cm³/mol. The zero-order chi connectivity index (χ0) is 31.3. The topological polar surface area (TPSA) is 127 Å². The lowest BCUT2D eigenvalue weighted by Crippen LogP contribution is -2.41. The summed E-state index contributed by atoms with van der Waals surface area (Å²) < 4.78 is 60.2. The van der Waals surface area contributed by atoms with Crippen LogP contribution in [0, 0.1) is 5.92 Å². The molecule has 0 bridgehead atoms. The summed E-state index contributed by atoms with van der Waals surface area (Å²) in [5, 5.41) is 17.1. The van der Waals surface area contributed by atoms with Crippen LogP contribution >= 0.6 is 0 Å². The zero-order valence-electron chi connectivity index (χ0n) is 23.9. The van der Waals surface area contributed by atoms with E-state index in [1.807, 2.05) is 12.1 Å². The largest absolute Gasteiger partial charge is 0.490 e. The second kappa shape index (κ2) is 13.3. The van der Waals surface area contributed by atoms with Gasteiger partial charge in [-0.15, -0.1) is 0 Å². The van der Waals surface area contributed by atoms with Crippen molar-refractivity contribution in [3.05, 3.63) is 53.6 Å². The van der Waals surface area contributed by atoms with Crippen LogP contribution in [0.2, 0.25) is 0 Å². The fraction of sp³-hybridized carbons (Fsp3) is 0.517. The molecule has 2 fully saturated rings. The van der Waals surface area contributed by atoms with E-state index in [1.54, 1.807) is 24.3 Å². The number of rotatable bonds is 7. The van der Waals surface area contributed by atoms with Crippen molar-refractivity contribution in [2.75, 3.05) is 42.3 Å². The number of carbonyl (C=O) groups is 2. The summed E-state index contributed by atoms with van der Waals surface area (Å²) in [7, 11) is -3.84. The quantitative estimate of drug-likeness (QED) is 0.378. The Labute approximate surface area is 244 Å². The first kappa shape index (κ1) is 33.2. The van der Waals surface area contributed by atoms with Gasteiger partial charge in [0, 0.05) is 25.3 Å². The van der Waals surface area contributed by atoms with Crippen molar-refractivity contribution in [1.29, 1.82) is 0 Å². The SMILES string of the molecule is CC(C)(C)c1ccc(S(=O)(=O)Nc2ccc(N3CCCC(CN4CCCC4)C3)c(C(=O)O)c2)cc1.O=C(O)C(F)(F)F. The molecule has 2 heterocycles. The van der Waals surface area contributed by atoms with E-state index in [9.17, 15) is 31.5 Å². The molecule has 9 nitrogen and oxygen atoms in total. The number of benzene rings is 2. The third kappa shape index (κ3) is 9.09. The highest BCUT2D eigenvalue weighted by Gasteiger charge is 2.38. The van der Waals surface area contributed by atoms with Crippen LogP contribution in [0.1, 0.15) is 62.4 Å². The number of alkyl halides is 3. The van der Waals surface area contributed by atoms with Gasteiger partial charge in [-0.2, -0.15) is 13.2 Å². The van der Waals surface area contributed by atoms with Crippen LogP contribution in [-0.2, 0) is 20.2 Å². The Kier molecular flexibility index (Phi) is 10.5. The molecule has 2 aromatic rings. The molecule has 4 rings (SSSR count). The third-order valence-electron chi connectivity index (χ3n) is 7.33. The molecular formula is C29H38F3N3O6S. The summed E-state index contributed by atoms with van der Waals surface area (Å²) in [4.78, 5) is 25.8. The first-order valence-corrected chi connectivity index (χ1v) is 15.2. The number of carboxylic acid groups (broad SMARTS) is 2. The highest BCUT2D eigenvalue weighted by atomic mass is 32.2. The minimum absolute atomic E-state index is 0.0795. The van der Waals surface area contributed by atoms with E-state index in [0.717, 1.165) is 51.1 Å². The lowest BCUT2D eigenvalue weighted by molar-refractivity contribution is -0.192. The molecule has 2 aliphatic heterocycles. The van der Waals surface area contributed by atoms with Crippen LogP contribution in [0.4, 0.5) is 24.5 Å². The molecule has 0 aliphatic carbocycles. The smallest absolute Gasteiger partial charge is 0.478 e. The van der Waals surface area contributed by atoms with Gasteiger partial charge >= 0.3 is 18.1 Å². The average Bonchev–Trinajstić information content (AvgIpc) is 3.41. The van der Waals surface area contributed by atoms with E-state index in [0.29, 0.717) is 11.6 Å². The highest BCUT2D eigenvalue weighted by Crippen LogP contribution is 2.31. The van der Waals surface area contributed by atoms with Crippen LogP contribution in [0.25, 0.3) is 0 Å². The molecule has 0 amide bonds. The summed E-state index contributed by atoms with van der Waals surface area (Å²) in [6.45, 7) is 11.2. The van der Waals surface area contributed by atoms with Crippen LogP contribution in [0.5, 0.6) is 0 Å². The molecule has 0 aromatic heterocycles. The third-order valence-corrected chi connectivity index (χ3v) is 8.72. The van der Waals surface area contributed by atoms with Gasteiger partial charge in [-0.3, -0.25) is 4.72 Å². The van der Waals surface area contributed by atoms with Crippen molar-refractivity contribution in [3.63, 3.8) is 0 Å². The van der Waals surface area contributed by atoms with Crippen molar-refractivity contribution >= 4 is 33.3 Å². The molecule has 0 spiro atoms. The molecule has 0 radical (unpaired) electrons. The Morgan fingerprint density at radius 2 is 1.55 bits per heavy atom. The van der Waals surface area contributed by atoms with Crippen LogP contribution < -0.4 is 9.62 Å². The number of hydrogen-bond donors (Lipinski definition) is 3. The van der Waals surface area contributed by atoms with E-state index >= 15 is 0 Å². The van der Waals surface area contributed by atoms with Gasteiger partial charge in [0.2, 0.25) is 0 Å². The summed E-state index contributed by atoms with van der Waals surface area (Å²) >= 11 is 0. The minimum Gasteiger partial charge on any atom is -0.478 e. The summed E-state index contributed by atoms with van der Waals surface area (Å²) in [6, 6.07) is 11.6. The number of carboxylic acids is 2. The van der Waals surface area contributed by atoms with E-state index in [1.165, 1.54) is 18.9 Å². The molecular weight excluding hydrogens is 575 g/mol. The predicted octanol–water partition coefficient (Wildman–Crippen LogP) is 5.43. The lowest BCUT2D eigenvalue weighted by atomic mass is 9.87. The number of likely N-dealkylation sites (tertiary alicyclic amines) is 1. The van der Waals surface area contributed by atoms with Gasteiger partial charge in [0.05, 0.1) is 16.1 Å². The van der Waals surface area contributed by atoms with Gasteiger partial charge in [-0.05, 0) is 86.0 Å². The van der Waals surface area contributed by atoms with Crippen LogP contribution in [0.15, 0.2) is 47.4 Å². The van der Waals surface area contributed by atoms with Crippen molar-refractivity contribution in [2.45, 2.75) is 62.9 Å². The molecule has 2 saturated heterocycles. The van der Waals surface area contributed by atoms with Crippen molar-refractivity contribution in [1.82, 2.24) is 4.90 Å². The van der Waals surface area contributed by atoms with Gasteiger partial charge in [-0.25, -0.2) is 18.0 Å². The number of nitrogens with one attached hydrogen (secondary N) is 1. The average molecular weight is 614 g/mol. The highest BCUT2D eigenvalue weighted by molar-refractivity contribution is 7.92. The van der Waals surface area contributed by atoms with Gasteiger partial charge in [0.25, 0.3) is 10.0 Å². The molecule has 13 heteroatoms. The maximum atomic E-state index is 13.0. The maximum Gasteiger partial charge on any atom is 0.490 e. The number of aliphatic carboxylic acids is 1. The van der Waals surface area contributed by atoms with Crippen LogP contribution in [0.3, 0.4) is 0 Å². The van der Waals surface area contributed by atoms with E-state index in [4.69, 9.17) is 9.90 Å².